The second kappa shape index (κ2) is 5.40. The Kier molecular flexibility index (Phi) is 3.89. The lowest BCUT2D eigenvalue weighted by molar-refractivity contribution is -0.385. The summed E-state index contributed by atoms with van der Waals surface area (Å²) in [6.45, 7) is 0. The van der Waals surface area contributed by atoms with E-state index in [-0.39, 0.29) is 5.69 Å². The van der Waals surface area contributed by atoms with Crippen LogP contribution in [-0.2, 0) is 0 Å². The van der Waals surface area contributed by atoms with Crippen molar-refractivity contribution in [1.82, 2.24) is 0 Å². The number of benzene rings is 1. The molecule has 92 valence electrons. The van der Waals surface area contributed by atoms with Gasteiger partial charge in [0.15, 0.2) is 0 Å². The van der Waals surface area contributed by atoms with Crippen LogP contribution in [0.2, 0.25) is 0 Å². The molecule has 5 heteroatoms. The number of rotatable bonds is 4. The topological polar surface area (TPSA) is 69.2 Å². The van der Waals surface area contributed by atoms with Crippen molar-refractivity contribution in [2.75, 3.05) is 11.5 Å². The van der Waals surface area contributed by atoms with Gasteiger partial charge in [0.05, 0.1) is 4.92 Å². The SMILES string of the molecule is Nc1cc(SCC2CCCC2)cc([N+](=O)[O-])c1. The molecule has 1 fully saturated rings. The van der Waals surface area contributed by atoms with E-state index in [1.807, 2.05) is 6.07 Å². The molecule has 4 nitrogen and oxygen atoms in total. The Hall–Kier alpha value is -1.23. The molecule has 0 spiro atoms. The van der Waals surface area contributed by atoms with Crippen molar-refractivity contribution < 1.29 is 4.92 Å². The first-order chi connectivity index (χ1) is 8.15. The molecule has 0 aliphatic heterocycles. The molecule has 0 radical (unpaired) electrons. The number of nitro groups is 1. The fourth-order valence-electron chi connectivity index (χ4n) is 2.19. The van der Waals surface area contributed by atoms with E-state index in [1.54, 1.807) is 17.8 Å². The van der Waals surface area contributed by atoms with Gasteiger partial charge in [-0.1, -0.05) is 12.8 Å². The van der Waals surface area contributed by atoms with E-state index < -0.39 is 4.92 Å². The normalized spacial score (nSPS) is 16.2. The quantitative estimate of drug-likeness (QED) is 0.385. The molecule has 1 aliphatic carbocycles. The van der Waals surface area contributed by atoms with Crippen molar-refractivity contribution >= 4 is 23.1 Å². The molecule has 1 aromatic carbocycles. The van der Waals surface area contributed by atoms with Gasteiger partial charge in [0.1, 0.15) is 0 Å². The monoisotopic (exact) mass is 252 g/mol. The Balaban J connectivity index is 2.01. The van der Waals surface area contributed by atoms with Gasteiger partial charge in [-0.2, -0.15) is 0 Å². The summed E-state index contributed by atoms with van der Waals surface area (Å²) in [5.74, 6) is 1.81. The zero-order chi connectivity index (χ0) is 12.3. The van der Waals surface area contributed by atoms with Crippen molar-refractivity contribution in [2.24, 2.45) is 5.92 Å². The van der Waals surface area contributed by atoms with Crippen LogP contribution in [0.25, 0.3) is 0 Å². The molecule has 1 aromatic rings. The minimum Gasteiger partial charge on any atom is -0.398 e. The lowest BCUT2D eigenvalue weighted by Crippen LogP contribution is -1.97. The first kappa shape index (κ1) is 12.2. The number of nitrogens with two attached hydrogens (primary N) is 1. The fraction of sp³-hybridized carbons (Fsp3) is 0.500. The average Bonchev–Trinajstić information content (AvgIpc) is 2.78. The van der Waals surface area contributed by atoms with Crippen LogP contribution < -0.4 is 5.73 Å². The molecule has 0 aromatic heterocycles. The van der Waals surface area contributed by atoms with E-state index in [2.05, 4.69) is 0 Å². The fourth-order valence-corrected chi connectivity index (χ4v) is 3.37. The summed E-state index contributed by atoms with van der Waals surface area (Å²) in [5.41, 5.74) is 6.21. The molecule has 17 heavy (non-hydrogen) atoms. The second-order valence-corrected chi connectivity index (χ2v) is 5.57. The van der Waals surface area contributed by atoms with Crippen molar-refractivity contribution in [2.45, 2.75) is 30.6 Å². The molecule has 0 unspecified atom stereocenters. The van der Waals surface area contributed by atoms with Gasteiger partial charge < -0.3 is 5.73 Å². The molecule has 0 amide bonds. The molecule has 2 rings (SSSR count). The second-order valence-electron chi connectivity index (χ2n) is 4.48. The van der Waals surface area contributed by atoms with Gasteiger partial charge in [0.2, 0.25) is 0 Å². The summed E-state index contributed by atoms with van der Waals surface area (Å²) >= 11 is 1.68. The maximum absolute atomic E-state index is 10.7. The highest BCUT2D eigenvalue weighted by molar-refractivity contribution is 7.99. The van der Waals surface area contributed by atoms with Crippen LogP contribution >= 0.6 is 11.8 Å². The number of non-ortho nitro benzene ring substituents is 1. The van der Waals surface area contributed by atoms with E-state index >= 15 is 0 Å². The maximum atomic E-state index is 10.7. The summed E-state index contributed by atoms with van der Waals surface area (Å²) in [5, 5.41) is 10.7. The average molecular weight is 252 g/mol. The van der Waals surface area contributed by atoms with Crippen LogP contribution in [0.3, 0.4) is 0 Å². The summed E-state index contributed by atoms with van der Waals surface area (Å²) in [6, 6.07) is 4.82. The largest absolute Gasteiger partial charge is 0.398 e. The number of nitrogen functional groups attached to an aromatic ring is 1. The zero-order valence-electron chi connectivity index (χ0n) is 9.59. The van der Waals surface area contributed by atoms with Gasteiger partial charge in [-0.05, 0) is 24.8 Å². The third-order valence-electron chi connectivity index (χ3n) is 3.08. The predicted octanol–water partition coefficient (Wildman–Crippen LogP) is 3.46. The van der Waals surface area contributed by atoms with Crippen molar-refractivity contribution in [3.05, 3.63) is 28.3 Å². The van der Waals surface area contributed by atoms with Crippen LogP contribution in [0.5, 0.6) is 0 Å². The lowest BCUT2D eigenvalue weighted by Gasteiger charge is -2.08. The van der Waals surface area contributed by atoms with E-state index in [4.69, 9.17) is 5.73 Å². The Morgan fingerprint density at radius 3 is 2.71 bits per heavy atom. The summed E-state index contributed by atoms with van der Waals surface area (Å²) in [7, 11) is 0. The van der Waals surface area contributed by atoms with E-state index in [9.17, 15) is 10.1 Å². The minimum absolute atomic E-state index is 0.0823. The van der Waals surface area contributed by atoms with Gasteiger partial charge in [-0.15, -0.1) is 11.8 Å². The number of hydrogen-bond acceptors (Lipinski definition) is 4. The van der Waals surface area contributed by atoms with Crippen LogP contribution in [0.4, 0.5) is 11.4 Å². The predicted molar refractivity (Wildman–Crippen MR) is 70.2 cm³/mol. The number of thioether (sulfide) groups is 1. The first-order valence-electron chi connectivity index (χ1n) is 5.83. The Morgan fingerprint density at radius 2 is 2.06 bits per heavy atom. The van der Waals surface area contributed by atoms with E-state index in [1.165, 1.54) is 31.7 Å². The van der Waals surface area contributed by atoms with Gasteiger partial charge in [0.25, 0.3) is 5.69 Å². The zero-order valence-corrected chi connectivity index (χ0v) is 10.4. The third-order valence-corrected chi connectivity index (χ3v) is 4.29. The van der Waals surface area contributed by atoms with Crippen molar-refractivity contribution in [3.63, 3.8) is 0 Å². The summed E-state index contributed by atoms with van der Waals surface area (Å²) in [4.78, 5) is 11.2. The molecule has 0 atom stereocenters. The Morgan fingerprint density at radius 1 is 1.35 bits per heavy atom. The number of nitrogens with zero attached hydrogens (tertiary/aromatic N) is 1. The summed E-state index contributed by atoms with van der Waals surface area (Å²) < 4.78 is 0. The smallest absolute Gasteiger partial charge is 0.272 e. The molecular weight excluding hydrogens is 236 g/mol. The van der Waals surface area contributed by atoms with Gasteiger partial charge in [-0.3, -0.25) is 10.1 Å². The highest BCUT2D eigenvalue weighted by Crippen LogP contribution is 2.33. The molecule has 2 N–H and O–H groups in total. The molecule has 0 heterocycles. The molecule has 1 saturated carbocycles. The minimum atomic E-state index is -0.393. The first-order valence-corrected chi connectivity index (χ1v) is 6.81. The highest BCUT2D eigenvalue weighted by Gasteiger charge is 2.16. The lowest BCUT2D eigenvalue weighted by atomic mass is 10.1. The standard InChI is InChI=1S/C12H16N2O2S/c13-10-5-11(14(15)16)7-12(6-10)17-8-9-3-1-2-4-9/h5-7,9H,1-4,8,13H2. The Labute approximate surface area is 105 Å². The van der Waals surface area contributed by atoms with Crippen LogP contribution in [0.1, 0.15) is 25.7 Å². The van der Waals surface area contributed by atoms with Gasteiger partial charge >= 0.3 is 0 Å². The molecule has 0 saturated heterocycles. The highest BCUT2D eigenvalue weighted by atomic mass is 32.2. The summed E-state index contributed by atoms with van der Waals surface area (Å²) in [6.07, 6.45) is 5.22. The van der Waals surface area contributed by atoms with Crippen LogP contribution in [0.15, 0.2) is 23.1 Å². The Bertz CT molecular complexity index is 417. The number of anilines is 1. The number of nitro benzene ring substituents is 1. The molecular formula is C12H16N2O2S. The van der Waals surface area contributed by atoms with Crippen molar-refractivity contribution in [1.29, 1.82) is 0 Å². The van der Waals surface area contributed by atoms with Crippen LogP contribution in [0, 0.1) is 16.0 Å². The van der Waals surface area contributed by atoms with E-state index in [0.717, 1.165) is 16.6 Å². The maximum Gasteiger partial charge on any atom is 0.272 e. The molecule has 0 bridgehead atoms. The third kappa shape index (κ3) is 3.36. The van der Waals surface area contributed by atoms with Crippen molar-refractivity contribution in [3.8, 4) is 0 Å². The van der Waals surface area contributed by atoms with E-state index in [0.29, 0.717) is 5.69 Å². The van der Waals surface area contributed by atoms with Gasteiger partial charge in [0, 0.05) is 28.5 Å². The number of hydrogen-bond donors (Lipinski definition) is 1. The molecule has 1 aliphatic rings. The van der Waals surface area contributed by atoms with Gasteiger partial charge in [-0.25, -0.2) is 0 Å². The van der Waals surface area contributed by atoms with Crippen LogP contribution in [-0.4, -0.2) is 10.7 Å².